The largest absolute Gasteiger partial charge is 0.459 e. The quantitative estimate of drug-likeness (QED) is 0.624. The van der Waals surface area contributed by atoms with Gasteiger partial charge in [-0.2, -0.15) is 0 Å². The van der Waals surface area contributed by atoms with Gasteiger partial charge in [0.25, 0.3) is 5.91 Å². The number of carbonyl (C=O) groups is 2. The number of esters is 1. The van der Waals surface area contributed by atoms with E-state index in [-0.39, 0.29) is 23.7 Å². The second-order valence-electron chi connectivity index (χ2n) is 8.24. The van der Waals surface area contributed by atoms with E-state index in [9.17, 15) is 9.59 Å². The zero-order valence-corrected chi connectivity index (χ0v) is 18.6. The number of nitrogens with zero attached hydrogens (tertiary/aromatic N) is 1. The van der Waals surface area contributed by atoms with Crippen molar-refractivity contribution in [2.45, 2.75) is 71.4 Å². The Morgan fingerprint density at radius 1 is 1.20 bits per heavy atom. The Labute approximate surface area is 181 Å². The number of furan rings is 1. The molecule has 162 valence electrons. The monoisotopic (exact) mass is 430 g/mol. The lowest BCUT2D eigenvalue weighted by atomic mass is 9.95. The number of ether oxygens (including phenoxy) is 1. The minimum absolute atomic E-state index is 0.154. The van der Waals surface area contributed by atoms with Gasteiger partial charge in [0.2, 0.25) is 0 Å². The van der Waals surface area contributed by atoms with E-state index in [1.807, 2.05) is 19.9 Å². The molecule has 7 heteroatoms. The molecule has 1 unspecified atom stereocenters. The van der Waals surface area contributed by atoms with Gasteiger partial charge in [0.05, 0.1) is 18.2 Å². The van der Waals surface area contributed by atoms with Gasteiger partial charge in [-0.05, 0) is 82.7 Å². The summed E-state index contributed by atoms with van der Waals surface area (Å²) in [7, 11) is 0. The van der Waals surface area contributed by atoms with Crippen LogP contribution in [0.2, 0.25) is 0 Å². The number of rotatable bonds is 7. The molecule has 0 spiro atoms. The van der Waals surface area contributed by atoms with Crippen molar-refractivity contribution in [1.82, 2.24) is 4.90 Å². The van der Waals surface area contributed by atoms with E-state index in [4.69, 9.17) is 9.15 Å². The number of nitrogens with one attached hydrogen (secondary N) is 1. The second-order valence-corrected chi connectivity index (χ2v) is 9.35. The summed E-state index contributed by atoms with van der Waals surface area (Å²) in [5, 5.41) is 3.52. The molecule has 1 fully saturated rings. The molecule has 4 rings (SSSR count). The van der Waals surface area contributed by atoms with E-state index < -0.39 is 0 Å². The Kier molecular flexibility index (Phi) is 6.58. The topological polar surface area (TPSA) is 71.8 Å². The van der Waals surface area contributed by atoms with Gasteiger partial charge in [0.1, 0.15) is 10.8 Å². The molecule has 2 aromatic rings. The van der Waals surface area contributed by atoms with E-state index in [1.165, 1.54) is 29.1 Å². The highest BCUT2D eigenvalue weighted by Crippen LogP contribution is 2.39. The highest BCUT2D eigenvalue weighted by molar-refractivity contribution is 7.17. The van der Waals surface area contributed by atoms with Crippen molar-refractivity contribution in [2.75, 3.05) is 18.4 Å². The van der Waals surface area contributed by atoms with E-state index in [2.05, 4.69) is 10.2 Å². The number of anilines is 1. The molecule has 1 N–H and O–H groups in total. The fourth-order valence-electron chi connectivity index (χ4n) is 4.11. The Morgan fingerprint density at radius 3 is 2.73 bits per heavy atom. The van der Waals surface area contributed by atoms with Crippen LogP contribution in [0.5, 0.6) is 0 Å². The van der Waals surface area contributed by atoms with Crippen molar-refractivity contribution in [1.29, 1.82) is 0 Å². The molecule has 0 saturated carbocycles. The third kappa shape index (κ3) is 4.62. The number of thiophene rings is 1. The lowest BCUT2D eigenvalue weighted by molar-refractivity contribution is 0.0335. The standard InChI is InChI=1S/C23H30N2O4S/c1-3-15(2)28-23(27)20-17-8-4-5-9-19(17)30-22(20)24-21(26)18-11-10-16(29-18)14-25-12-6-7-13-25/h10-11,15H,3-9,12-14H2,1-2H3,(H,24,26). The molecule has 1 aliphatic heterocycles. The molecule has 1 atom stereocenters. The zero-order valence-electron chi connectivity index (χ0n) is 17.8. The molecule has 6 nitrogen and oxygen atoms in total. The molecular formula is C23H30N2O4S. The Bertz CT molecular complexity index is 910. The van der Waals surface area contributed by atoms with Crippen molar-refractivity contribution >= 4 is 28.2 Å². The lowest BCUT2D eigenvalue weighted by Crippen LogP contribution is -2.19. The first-order valence-electron chi connectivity index (χ1n) is 11.0. The van der Waals surface area contributed by atoms with E-state index in [1.54, 1.807) is 6.07 Å². The first-order chi connectivity index (χ1) is 14.5. The molecule has 2 aliphatic rings. The summed E-state index contributed by atoms with van der Waals surface area (Å²) >= 11 is 1.50. The molecule has 0 aromatic carbocycles. The molecule has 30 heavy (non-hydrogen) atoms. The maximum Gasteiger partial charge on any atom is 0.341 e. The van der Waals surface area contributed by atoms with E-state index in [0.29, 0.717) is 10.6 Å². The first kappa shape index (κ1) is 21.1. The minimum atomic E-state index is -0.340. The van der Waals surface area contributed by atoms with Crippen LogP contribution in [0.1, 0.15) is 83.1 Å². The van der Waals surface area contributed by atoms with Crippen LogP contribution in [-0.2, 0) is 24.1 Å². The number of likely N-dealkylation sites (tertiary alicyclic amines) is 1. The third-order valence-corrected chi connectivity index (χ3v) is 7.16. The number of amides is 1. The Balaban J connectivity index is 1.52. The van der Waals surface area contributed by atoms with Crippen molar-refractivity contribution in [3.8, 4) is 0 Å². The zero-order chi connectivity index (χ0) is 21.1. The van der Waals surface area contributed by atoms with Crippen LogP contribution < -0.4 is 5.32 Å². The fourth-order valence-corrected chi connectivity index (χ4v) is 5.38. The second kappa shape index (κ2) is 9.35. The Hall–Kier alpha value is -2.12. The van der Waals surface area contributed by atoms with Gasteiger partial charge in [0, 0.05) is 4.88 Å². The van der Waals surface area contributed by atoms with Crippen molar-refractivity contribution in [3.63, 3.8) is 0 Å². The smallest absolute Gasteiger partial charge is 0.341 e. The number of hydrogen-bond acceptors (Lipinski definition) is 6. The summed E-state index contributed by atoms with van der Waals surface area (Å²) in [5.41, 5.74) is 1.58. The summed E-state index contributed by atoms with van der Waals surface area (Å²) in [4.78, 5) is 29.3. The number of aryl methyl sites for hydroxylation is 1. The highest BCUT2D eigenvalue weighted by Gasteiger charge is 2.29. The van der Waals surface area contributed by atoms with Gasteiger partial charge in [-0.1, -0.05) is 6.92 Å². The average Bonchev–Trinajstić information content (AvgIpc) is 3.47. The first-order valence-corrected chi connectivity index (χ1v) is 11.8. The third-order valence-electron chi connectivity index (χ3n) is 5.95. The summed E-state index contributed by atoms with van der Waals surface area (Å²) < 4.78 is 11.4. The minimum Gasteiger partial charge on any atom is -0.459 e. The van der Waals surface area contributed by atoms with Gasteiger partial charge in [-0.15, -0.1) is 11.3 Å². The predicted octanol–water partition coefficient (Wildman–Crippen LogP) is 5.02. The van der Waals surface area contributed by atoms with Crippen LogP contribution in [0.3, 0.4) is 0 Å². The molecule has 1 amide bonds. The molecular weight excluding hydrogens is 400 g/mol. The van der Waals surface area contributed by atoms with Gasteiger partial charge < -0.3 is 14.5 Å². The van der Waals surface area contributed by atoms with Gasteiger partial charge in [-0.3, -0.25) is 9.69 Å². The normalized spacial score (nSPS) is 17.5. The van der Waals surface area contributed by atoms with Crippen molar-refractivity contribution in [3.05, 3.63) is 39.7 Å². The average molecular weight is 431 g/mol. The molecule has 0 radical (unpaired) electrons. The molecule has 1 saturated heterocycles. The van der Waals surface area contributed by atoms with Gasteiger partial charge in [-0.25, -0.2) is 4.79 Å². The maximum atomic E-state index is 12.9. The summed E-state index contributed by atoms with van der Waals surface area (Å²) in [5.74, 6) is 0.410. The number of fused-ring (bicyclic) bond motifs is 1. The van der Waals surface area contributed by atoms with Crippen LogP contribution in [0.25, 0.3) is 0 Å². The number of hydrogen-bond donors (Lipinski definition) is 1. The van der Waals surface area contributed by atoms with Crippen LogP contribution >= 0.6 is 11.3 Å². The van der Waals surface area contributed by atoms with E-state index >= 15 is 0 Å². The SMILES string of the molecule is CCC(C)OC(=O)c1c(NC(=O)c2ccc(CN3CCCC3)o2)sc2c1CCCC2. The summed E-state index contributed by atoms with van der Waals surface area (Å²) in [6.07, 6.45) is 6.99. The van der Waals surface area contributed by atoms with Crippen LogP contribution in [-0.4, -0.2) is 36.0 Å². The van der Waals surface area contributed by atoms with Crippen molar-refractivity contribution < 1.29 is 18.7 Å². The van der Waals surface area contributed by atoms with Crippen LogP contribution in [0, 0.1) is 0 Å². The molecule has 3 heterocycles. The maximum absolute atomic E-state index is 12.9. The van der Waals surface area contributed by atoms with Crippen molar-refractivity contribution in [2.24, 2.45) is 0 Å². The lowest BCUT2D eigenvalue weighted by Gasteiger charge is -2.15. The molecule has 1 aliphatic carbocycles. The van der Waals surface area contributed by atoms with Gasteiger partial charge in [0.15, 0.2) is 5.76 Å². The van der Waals surface area contributed by atoms with E-state index in [0.717, 1.165) is 63.1 Å². The Morgan fingerprint density at radius 2 is 1.97 bits per heavy atom. The fraction of sp³-hybridized carbons (Fsp3) is 0.565. The molecule has 2 aromatic heterocycles. The number of carbonyl (C=O) groups excluding carboxylic acids is 2. The molecule has 0 bridgehead atoms. The van der Waals surface area contributed by atoms with Crippen LogP contribution in [0.15, 0.2) is 16.5 Å². The highest BCUT2D eigenvalue weighted by atomic mass is 32.1. The predicted molar refractivity (Wildman–Crippen MR) is 117 cm³/mol. The summed E-state index contributed by atoms with van der Waals surface area (Å²) in [6, 6.07) is 3.58. The van der Waals surface area contributed by atoms with Crippen LogP contribution in [0.4, 0.5) is 5.00 Å². The summed E-state index contributed by atoms with van der Waals surface area (Å²) in [6.45, 7) is 6.75. The van der Waals surface area contributed by atoms with Gasteiger partial charge >= 0.3 is 5.97 Å².